The lowest BCUT2D eigenvalue weighted by atomic mass is 9.49. The molecule has 5 atom stereocenters. The van der Waals surface area contributed by atoms with Gasteiger partial charge < -0.3 is 24.6 Å². The summed E-state index contributed by atoms with van der Waals surface area (Å²) in [5.41, 5.74) is 0.999. The number of likely N-dealkylation sites (tertiary alicyclic amines) is 1. The second kappa shape index (κ2) is 4.21. The molecule has 5 nitrogen and oxygen atoms in total. The fourth-order valence-electron chi connectivity index (χ4n) is 5.88. The van der Waals surface area contributed by atoms with Crippen LogP contribution in [-0.2, 0) is 11.8 Å². The van der Waals surface area contributed by atoms with Gasteiger partial charge in [-0.05, 0) is 50.9 Å². The second-order valence-electron chi connectivity index (χ2n) is 7.62. The number of hydrogen-bond acceptors (Lipinski definition) is 5. The Morgan fingerprint density at radius 2 is 2.17 bits per heavy atom. The number of hydrogen-bond donors (Lipinski definition) is 2. The molecule has 3 unspecified atom stereocenters. The zero-order valence-electron chi connectivity index (χ0n) is 13.6. The lowest BCUT2D eigenvalue weighted by Gasteiger charge is -2.63. The summed E-state index contributed by atoms with van der Waals surface area (Å²) in [6.07, 6.45) is 1.93. The van der Waals surface area contributed by atoms with Crippen molar-refractivity contribution in [1.82, 2.24) is 4.90 Å². The van der Waals surface area contributed by atoms with Gasteiger partial charge in [-0.2, -0.15) is 0 Å². The molecule has 1 saturated carbocycles. The summed E-state index contributed by atoms with van der Waals surface area (Å²) in [4.78, 5) is 2.28. The predicted octanol–water partition coefficient (Wildman–Crippen LogP) is 0.840. The molecule has 1 aromatic rings. The van der Waals surface area contributed by atoms with Crippen LogP contribution in [0.25, 0.3) is 0 Å². The summed E-state index contributed by atoms with van der Waals surface area (Å²) in [5, 5.41) is 22.4. The lowest BCUT2D eigenvalue weighted by Crippen LogP contribution is -2.76. The normalized spacial score (nSPS) is 43.7. The first-order valence-corrected chi connectivity index (χ1v) is 8.50. The lowest BCUT2D eigenvalue weighted by molar-refractivity contribution is -0.204. The van der Waals surface area contributed by atoms with Crippen LogP contribution in [0.4, 0.5) is 0 Å². The van der Waals surface area contributed by atoms with Crippen LogP contribution in [0.5, 0.6) is 11.5 Å². The molecular weight excluding hydrogens is 294 g/mol. The van der Waals surface area contributed by atoms with Crippen LogP contribution < -0.4 is 9.47 Å². The van der Waals surface area contributed by atoms with E-state index in [4.69, 9.17) is 9.47 Å². The third-order valence-corrected chi connectivity index (χ3v) is 6.90. The highest BCUT2D eigenvalue weighted by molar-refractivity contribution is 5.62. The van der Waals surface area contributed by atoms with Crippen molar-refractivity contribution in [2.45, 2.75) is 54.9 Å². The highest BCUT2D eigenvalue weighted by atomic mass is 16.5. The molecule has 23 heavy (non-hydrogen) atoms. The van der Waals surface area contributed by atoms with E-state index in [0.717, 1.165) is 30.7 Å². The van der Waals surface area contributed by atoms with Gasteiger partial charge in [-0.25, -0.2) is 0 Å². The van der Waals surface area contributed by atoms with Crippen LogP contribution in [0, 0.1) is 0 Å². The van der Waals surface area contributed by atoms with E-state index >= 15 is 0 Å². The van der Waals surface area contributed by atoms with Crippen molar-refractivity contribution in [2.24, 2.45) is 0 Å². The number of piperidine rings is 1. The monoisotopic (exact) mass is 317 g/mol. The summed E-state index contributed by atoms with van der Waals surface area (Å²) in [5.74, 6) is 1.46. The maximum absolute atomic E-state index is 11.8. The molecule has 1 aromatic carbocycles. The molecule has 2 bridgehead atoms. The van der Waals surface area contributed by atoms with Crippen molar-refractivity contribution in [3.63, 3.8) is 0 Å². The predicted molar refractivity (Wildman–Crippen MR) is 84.0 cm³/mol. The van der Waals surface area contributed by atoms with Gasteiger partial charge in [-0.3, -0.25) is 0 Å². The minimum absolute atomic E-state index is 0.0849. The molecule has 4 aliphatic rings. The van der Waals surface area contributed by atoms with E-state index in [1.54, 1.807) is 7.11 Å². The van der Waals surface area contributed by atoms with Crippen LogP contribution >= 0.6 is 0 Å². The topological polar surface area (TPSA) is 62.2 Å². The Morgan fingerprint density at radius 3 is 2.96 bits per heavy atom. The van der Waals surface area contributed by atoms with Crippen molar-refractivity contribution in [1.29, 1.82) is 0 Å². The van der Waals surface area contributed by atoms with Gasteiger partial charge in [-0.1, -0.05) is 6.07 Å². The molecular formula is C18H23NO4. The fourth-order valence-corrected chi connectivity index (χ4v) is 5.88. The van der Waals surface area contributed by atoms with E-state index in [0.29, 0.717) is 18.6 Å². The molecule has 0 amide bonds. The summed E-state index contributed by atoms with van der Waals surface area (Å²) in [7, 11) is 3.74. The number of nitrogens with zero attached hydrogens (tertiary/aromatic N) is 1. The van der Waals surface area contributed by atoms with Gasteiger partial charge in [0.1, 0.15) is 6.10 Å². The van der Waals surface area contributed by atoms with Gasteiger partial charge >= 0.3 is 0 Å². The minimum Gasteiger partial charge on any atom is -0.493 e. The van der Waals surface area contributed by atoms with E-state index in [2.05, 4.69) is 18.0 Å². The summed E-state index contributed by atoms with van der Waals surface area (Å²) < 4.78 is 11.8. The van der Waals surface area contributed by atoms with Gasteiger partial charge in [0, 0.05) is 11.6 Å². The molecule has 2 fully saturated rings. The molecule has 5 heteroatoms. The number of methoxy groups -OCH3 is 1. The molecule has 2 heterocycles. The Balaban J connectivity index is 1.84. The Bertz CT molecular complexity index is 692. The van der Waals surface area contributed by atoms with Crippen molar-refractivity contribution >= 4 is 0 Å². The third kappa shape index (κ3) is 1.37. The first kappa shape index (κ1) is 14.1. The van der Waals surface area contributed by atoms with E-state index in [-0.39, 0.29) is 12.1 Å². The average Bonchev–Trinajstić information content (AvgIpc) is 2.90. The standard InChI is InChI=1S/C18H23NO4/c1-19-8-7-17-14-10-3-4-12(22-2)15(14)23-16(17)11(20)5-6-18(17,21)13(19)9-10/h3-4,11,13,16,20-21H,5-9H2,1-2H3/t11?,13?,16-,17?,18+/m0/s1. The number of aliphatic hydroxyl groups excluding tert-OH is 1. The molecule has 1 spiro atoms. The molecule has 124 valence electrons. The van der Waals surface area contributed by atoms with Gasteiger partial charge in [0.05, 0.1) is 24.2 Å². The first-order chi connectivity index (χ1) is 11.0. The molecule has 2 N–H and O–H groups in total. The number of rotatable bonds is 1. The van der Waals surface area contributed by atoms with Gasteiger partial charge in [0.25, 0.3) is 0 Å². The van der Waals surface area contributed by atoms with Crippen molar-refractivity contribution in [2.75, 3.05) is 20.7 Å². The maximum atomic E-state index is 11.8. The van der Waals surface area contributed by atoms with Gasteiger partial charge in [0.2, 0.25) is 0 Å². The van der Waals surface area contributed by atoms with E-state index in [1.807, 2.05) is 6.07 Å². The molecule has 5 rings (SSSR count). The average molecular weight is 317 g/mol. The zero-order chi connectivity index (χ0) is 16.0. The molecule has 1 saturated heterocycles. The number of ether oxygens (including phenoxy) is 2. The molecule has 2 aliphatic heterocycles. The summed E-state index contributed by atoms with van der Waals surface area (Å²) in [6, 6.07) is 4.15. The SMILES string of the molecule is COc1ccc2c3c1O[C@H]1C(O)CC[C@@]4(O)C(C2)N(C)CCC314. The molecule has 0 aromatic heterocycles. The summed E-state index contributed by atoms with van der Waals surface area (Å²) in [6.45, 7) is 0.912. The molecule has 2 aliphatic carbocycles. The first-order valence-electron chi connectivity index (χ1n) is 8.50. The van der Waals surface area contributed by atoms with E-state index in [9.17, 15) is 10.2 Å². The van der Waals surface area contributed by atoms with Gasteiger partial charge in [0.15, 0.2) is 11.5 Å². The second-order valence-corrected chi connectivity index (χ2v) is 7.62. The maximum Gasteiger partial charge on any atom is 0.166 e. The van der Waals surface area contributed by atoms with E-state index < -0.39 is 17.1 Å². The smallest absolute Gasteiger partial charge is 0.166 e. The minimum atomic E-state index is -0.839. The van der Waals surface area contributed by atoms with Crippen LogP contribution in [0.1, 0.15) is 30.4 Å². The Hall–Kier alpha value is -1.30. The van der Waals surface area contributed by atoms with Crippen LogP contribution in [0.3, 0.4) is 0 Å². The van der Waals surface area contributed by atoms with Gasteiger partial charge in [-0.15, -0.1) is 0 Å². The Kier molecular flexibility index (Phi) is 2.57. The zero-order valence-corrected chi connectivity index (χ0v) is 13.6. The van der Waals surface area contributed by atoms with Crippen molar-refractivity contribution < 1.29 is 19.7 Å². The number of benzene rings is 1. The van der Waals surface area contributed by atoms with Crippen molar-refractivity contribution in [3.8, 4) is 11.5 Å². The Morgan fingerprint density at radius 1 is 1.35 bits per heavy atom. The van der Waals surface area contributed by atoms with E-state index in [1.165, 1.54) is 5.56 Å². The Labute approximate surface area is 135 Å². The van der Waals surface area contributed by atoms with Crippen LogP contribution in [0.15, 0.2) is 12.1 Å². The summed E-state index contributed by atoms with van der Waals surface area (Å²) >= 11 is 0. The number of aliphatic hydroxyl groups is 2. The number of likely N-dealkylation sites (N-methyl/N-ethyl adjacent to an activating group) is 1. The fraction of sp³-hybridized carbons (Fsp3) is 0.667. The third-order valence-electron chi connectivity index (χ3n) is 6.90. The van der Waals surface area contributed by atoms with Crippen LogP contribution in [-0.4, -0.2) is 59.7 Å². The van der Waals surface area contributed by atoms with Crippen molar-refractivity contribution in [3.05, 3.63) is 23.3 Å². The highest BCUT2D eigenvalue weighted by Crippen LogP contribution is 2.65. The quantitative estimate of drug-likeness (QED) is 0.804. The molecule has 0 radical (unpaired) electrons. The largest absolute Gasteiger partial charge is 0.493 e. The highest BCUT2D eigenvalue weighted by Gasteiger charge is 2.72. The van der Waals surface area contributed by atoms with Crippen LogP contribution in [0.2, 0.25) is 0 Å².